The van der Waals surface area contributed by atoms with Gasteiger partial charge in [0.15, 0.2) is 0 Å². The zero-order valence-corrected chi connectivity index (χ0v) is 14.8. The number of rotatable bonds is 5. The fourth-order valence-electron chi connectivity index (χ4n) is 2.76. The zero-order valence-electron chi connectivity index (χ0n) is 12.5. The van der Waals surface area contributed by atoms with E-state index >= 15 is 0 Å². The number of nitrogens with zero attached hydrogens (tertiary/aromatic N) is 1. The molecule has 1 fully saturated rings. The van der Waals surface area contributed by atoms with Crippen molar-refractivity contribution in [3.63, 3.8) is 0 Å². The van der Waals surface area contributed by atoms with Gasteiger partial charge in [0, 0.05) is 25.6 Å². The van der Waals surface area contributed by atoms with Crippen LogP contribution in [0.25, 0.3) is 0 Å². The molecule has 0 spiro atoms. The minimum atomic E-state index is -0.0756. The third-order valence-electron chi connectivity index (χ3n) is 3.98. The Labute approximate surface area is 147 Å². The highest BCUT2D eigenvalue weighted by Gasteiger charge is 2.28. The fourth-order valence-corrected chi connectivity index (χ4v) is 3.26. The van der Waals surface area contributed by atoms with E-state index in [0.717, 1.165) is 19.5 Å². The molecule has 0 aromatic heterocycles. The lowest BCUT2D eigenvalue weighted by Crippen LogP contribution is -2.31. The normalized spacial score (nSPS) is 21.5. The van der Waals surface area contributed by atoms with Gasteiger partial charge in [0.05, 0.1) is 15.7 Å². The Bertz CT molecular complexity index is 493. The summed E-state index contributed by atoms with van der Waals surface area (Å²) in [5.74, 6) is 0.467. The van der Waals surface area contributed by atoms with Gasteiger partial charge in [0.25, 0.3) is 0 Å². The van der Waals surface area contributed by atoms with Crippen molar-refractivity contribution >= 4 is 47.2 Å². The quantitative estimate of drug-likeness (QED) is 0.839. The highest BCUT2D eigenvalue weighted by Crippen LogP contribution is 2.30. The van der Waals surface area contributed by atoms with Crippen LogP contribution >= 0.6 is 35.6 Å². The molecule has 3 N–H and O–H groups in total. The number of nitrogens with two attached hydrogens (primary N) is 1. The van der Waals surface area contributed by atoms with Crippen LogP contribution in [0.3, 0.4) is 0 Å². The van der Waals surface area contributed by atoms with Crippen LogP contribution in [0.2, 0.25) is 10.0 Å². The smallest absolute Gasteiger partial charge is 0.225 e. The van der Waals surface area contributed by atoms with E-state index in [-0.39, 0.29) is 18.3 Å². The fraction of sp³-hybridized carbons (Fsp3) is 0.533. The summed E-state index contributed by atoms with van der Waals surface area (Å²) >= 11 is 12.1. The highest BCUT2D eigenvalue weighted by atomic mass is 35.5. The van der Waals surface area contributed by atoms with Crippen LogP contribution in [0.1, 0.15) is 19.8 Å². The molecule has 124 valence electrons. The topological polar surface area (TPSA) is 58.4 Å². The van der Waals surface area contributed by atoms with Crippen LogP contribution in [0.5, 0.6) is 0 Å². The molecular formula is C15H22Cl3N3O. The third kappa shape index (κ3) is 5.00. The summed E-state index contributed by atoms with van der Waals surface area (Å²) in [7, 11) is 0. The van der Waals surface area contributed by atoms with E-state index in [2.05, 4.69) is 17.1 Å². The van der Waals surface area contributed by atoms with Gasteiger partial charge in [-0.1, -0.05) is 29.3 Å². The van der Waals surface area contributed by atoms with Crippen molar-refractivity contribution in [3.8, 4) is 0 Å². The number of amides is 1. The summed E-state index contributed by atoms with van der Waals surface area (Å²) in [4.78, 5) is 14.4. The molecule has 1 aromatic rings. The monoisotopic (exact) mass is 365 g/mol. The zero-order chi connectivity index (χ0) is 15.4. The van der Waals surface area contributed by atoms with Gasteiger partial charge in [-0.05, 0) is 37.9 Å². The van der Waals surface area contributed by atoms with Crippen molar-refractivity contribution in [2.45, 2.75) is 25.8 Å². The Hall–Kier alpha value is -0.520. The van der Waals surface area contributed by atoms with Gasteiger partial charge >= 0.3 is 0 Å². The molecule has 1 aliphatic rings. The van der Waals surface area contributed by atoms with Crippen LogP contribution in [0.4, 0.5) is 5.69 Å². The molecule has 2 rings (SSSR count). The number of para-hydroxylation sites is 1. The maximum Gasteiger partial charge on any atom is 0.225 e. The number of hydrogen-bond donors (Lipinski definition) is 2. The van der Waals surface area contributed by atoms with Crippen molar-refractivity contribution in [3.05, 3.63) is 28.2 Å². The summed E-state index contributed by atoms with van der Waals surface area (Å²) in [5, 5.41) is 3.69. The summed E-state index contributed by atoms with van der Waals surface area (Å²) in [5.41, 5.74) is 6.20. The average Bonchev–Trinajstić information content (AvgIpc) is 2.81. The maximum absolute atomic E-state index is 12.1. The van der Waals surface area contributed by atoms with E-state index in [1.54, 1.807) is 18.2 Å². The first-order valence-electron chi connectivity index (χ1n) is 7.19. The number of hydrogen-bond acceptors (Lipinski definition) is 3. The van der Waals surface area contributed by atoms with Gasteiger partial charge in [-0.3, -0.25) is 9.69 Å². The first-order chi connectivity index (χ1) is 10.0. The van der Waals surface area contributed by atoms with Gasteiger partial charge in [-0.2, -0.15) is 0 Å². The predicted octanol–water partition coefficient (Wildman–Crippen LogP) is 3.41. The number of nitrogens with one attached hydrogen (secondary N) is 1. The molecule has 0 bridgehead atoms. The van der Waals surface area contributed by atoms with E-state index < -0.39 is 0 Å². The van der Waals surface area contributed by atoms with Crippen LogP contribution in [-0.2, 0) is 4.79 Å². The molecule has 0 aliphatic carbocycles. The summed E-state index contributed by atoms with van der Waals surface area (Å²) in [6, 6.07) is 5.64. The Kier molecular flexibility index (Phi) is 7.94. The second kappa shape index (κ2) is 8.94. The van der Waals surface area contributed by atoms with E-state index in [1.807, 2.05) is 0 Å². The third-order valence-corrected chi connectivity index (χ3v) is 4.61. The molecule has 7 heteroatoms. The van der Waals surface area contributed by atoms with E-state index in [0.29, 0.717) is 40.7 Å². The Morgan fingerprint density at radius 1 is 1.41 bits per heavy atom. The van der Waals surface area contributed by atoms with Gasteiger partial charge in [-0.15, -0.1) is 12.4 Å². The molecule has 2 unspecified atom stereocenters. The SMILES string of the molecule is CC1CC(CN)CN1CCC(=O)Nc1c(Cl)cccc1Cl.Cl. The molecule has 1 aromatic carbocycles. The maximum atomic E-state index is 12.1. The van der Waals surface area contributed by atoms with Crippen LogP contribution < -0.4 is 11.1 Å². The molecule has 22 heavy (non-hydrogen) atoms. The standard InChI is InChI=1S/C15H21Cl2N3O.ClH/c1-10-7-11(8-18)9-20(10)6-5-14(21)19-15-12(16)3-2-4-13(15)17;/h2-4,10-11H,5-9,18H2,1H3,(H,19,21);1H. The first-order valence-corrected chi connectivity index (χ1v) is 7.94. The lowest BCUT2D eigenvalue weighted by atomic mass is 10.1. The van der Waals surface area contributed by atoms with Gasteiger partial charge in [0.1, 0.15) is 0 Å². The predicted molar refractivity (Wildman–Crippen MR) is 95.2 cm³/mol. The average molecular weight is 367 g/mol. The van der Waals surface area contributed by atoms with Crippen molar-refractivity contribution in [2.75, 3.05) is 25.0 Å². The van der Waals surface area contributed by atoms with Crippen LogP contribution in [-0.4, -0.2) is 36.5 Å². The Morgan fingerprint density at radius 3 is 2.59 bits per heavy atom. The van der Waals surface area contributed by atoms with Crippen LogP contribution in [0.15, 0.2) is 18.2 Å². The molecule has 1 amide bonds. The first kappa shape index (κ1) is 19.5. The molecule has 0 saturated carbocycles. The lowest BCUT2D eigenvalue weighted by molar-refractivity contribution is -0.116. The number of anilines is 1. The number of benzene rings is 1. The minimum Gasteiger partial charge on any atom is -0.330 e. The van der Waals surface area contributed by atoms with Crippen molar-refractivity contribution in [1.29, 1.82) is 0 Å². The van der Waals surface area contributed by atoms with E-state index in [9.17, 15) is 4.79 Å². The second-order valence-electron chi connectivity index (χ2n) is 5.58. The molecule has 0 radical (unpaired) electrons. The molecular weight excluding hydrogens is 345 g/mol. The summed E-state index contributed by atoms with van der Waals surface area (Å²) < 4.78 is 0. The Balaban J connectivity index is 0.00000242. The van der Waals surface area contributed by atoms with E-state index in [4.69, 9.17) is 28.9 Å². The number of likely N-dealkylation sites (tertiary alicyclic amines) is 1. The molecule has 1 saturated heterocycles. The Morgan fingerprint density at radius 2 is 2.05 bits per heavy atom. The van der Waals surface area contributed by atoms with E-state index in [1.165, 1.54) is 0 Å². The second-order valence-corrected chi connectivity index (χ2v) is 6.39. The summed E-state index contributed by atoms with van der Waals surface area (Å²) in [6.45, 7) is 4.59. The van der Waals surface area contributed by atoms with Crippen molar-refractivity contribution < 1.29 is 4.79 Å². The minimum absolute atomic E-state index is 0. The molecule has 1 heterocycles. The molecule has 1 aliphatic heterocycles. The van der Waals surface area contributed by atoms with Crippen molar-refractivity contribution in [2.24, 2.45) is 11.7 Å². The number of carbonyl (C=O) groups is 1. The van der Waals surface area contributed by atoms with Crippen LogP contribution in [0, 0.1) is 5.92 Å². The largest absolute Gasteiger partial charge is 0.330 e. The van der Waals surface area contributed by atoms with Gasteiger partial charge in [-0.25, -0.2) is 0 Å². The lowest BCUT2D eigenvalue weighted by Gasteiger charge is -2.20. The summed E-state index contributed by atoms with van der Waals surface area (Å²) in [6.07, 6.45) is 1.53. The molecule has 4 nitrogen and oxygen atoms in total. The number of halogens is 3. The molecule has 2 atom stereocenters. The van der Waals surface area contributed by atoms with Gasteiger partial charge < -0.3 is 11.1 Å². The number of carbonyl (C=O) groups excluding carboxylic acids is 1. The van der Waals surface area contributed by atoms with Gasteiger partial charge in [0.2, 0.25) is 5.91 Å². The highest BCUT2D eigenvalue weighted by molar-refractivity contribution is 6.39. The van der Waals surface area contributed by atoms with Crippen molar-refractivity contribution in [1.82, 2.24) is 4.90 Å².